The summed E-state index contributed by atoms with van der Waals surface area (Å²) >= 11 is 0. The molecule has 0 bridgehead atoms. The van der Waals surface area contributed by atoms with Crippen molar-refractivity contribution in [3.63, 3.8) is 0 Å². The van der Waals surface area contributed by atoms with Gasteiger partial charge in [-0.15, -0.1) is 0 Å². The quantitative estimate of drug-likeness (QED) is 0.716. The summed E-state index contributed by atoms with van der Waals surface area (Å²) in [7, 11) is 0. The van der Waals surface area contributed by atoms with Crippen molar-refractivity contribution in [2.45, 2.75) is 19.8 Å². The minimum atomic E-state index is -0.362. The first-order valence-electron chi connectivity index (χ1n) is 4.88. The van der Waals surface area contributed by atoms with E-state index in [1.54, 1.807) is 0 Å². The summed E-state index contributed by atoms with van der Waals surface area (Å²) in [4.78, 5) is 11.6. The minimum absolute atomic E-state index is 0.0600. The summed E-state index contributed by atoms with van der Waals surface area (Å²) in [6.07, 6.45) is 1.27. The fourth-order valence-electron chi connectivity index (χ4n) is 1.91. The Bertz CT molecular complexity index is 463. The molecule has 0 atom stereocenters. The normalized spacial score (nSPS) is 16.3. The van der Waals surface area contributed by atoms with Gasteiger partial charge in [0.15, 0.2) is 5.78 Å². The van der Waals surface area contributed by atoms with Gasteiger partial charge in [-0.1, -0.05) is 5.57 Å². The minimum Gasteiger partial charge on any atom is -0.398 e. The van der Waals surface area contributed by atoms with Crippen LogP contribution in [0, 0.1) is 5.82 Å². The SMILES string of the molecule is CC1=C(c2cc(F)ccc2N)C(=O)CC1. The van der Waals surface area contributed by atoms with Gasteiger partial charge in [-0.3, -0.25) is 4.79 Å². The zero-order chi connectivity index (χ0) is 11.0. The van der Waals surface area contributed by atoms with E-state index in [1.807, 2.05) is 6.92 Å². The predicted octanol–water partition coefficient (Wildman–Crippen LogP) is 2.54. The van der Waals surface area contributed by atoms with E-state index in [9.17, 15) is 9.18 Å². The number of hydrogen-bond acceptors (Lipinski definition) is 2. The van der Waals surface area contributed by atoms with E-state index in [0.29, 0.717) is 23.2 Å². The monoisotopic (exact) mass is 205 g/mol. The lowest BCUT2D eigenvalue weighted by Gasteiger charge is -2.07. The first-order valence-corrected chi connectivity index (χ1v) is 4.88. The number of rotatable bonds is 1. The van der Waals surface area contributed by atoms with Crippen LogP contribution in [0.5, 0.6) is 0 Å². The highest BCUT2D eigenvalue weighted by Crippen LogP contribution is 2.33. The van der Waals surface area contributed by atoms with Crippen molar-refractivity contribution < 1.29 is 9.18 Å². The van der Waals surface area contributed by atoms with Crippen molar-refractivity contribution in [3.8, 4) is 0 Å². The third-order valence-electron chi connectivity index (χ3n) is 2.72. The van der Waals surface area contributed by atoms with E-state index in [1.165, 1.54) is 18.2 Å². The lowest BCUT2D eigenvalue weighted by molar-refractivity contribution is -0.113. The maximum Gasteiger partial charge on any atom is 0.163 e. The largest absolute Gasteiger partial charge is 0.398 e. The Morgan fingerprint density at radius 3 is 2.67 bits per heavy atom. The van der Waals surface area contributed by atoms with E-state index in [0.717, 1.165) is 12.0 Å². The van der Waals surface area contributed by atoms with Crippen LogP contribution in [0.15, 0.2) is 23.8 Å². The van der Waals surface area contributed by atoms with Crippen LogP contribution in [0.1, 0.15) is 25.3 Å². The number of Topliss-reactive ketones (excluding diaryl/α,β-unsaturated/α-hetero) is 1. The molecular weight excluding hydrogens is 193 g/mol. The fourth-order valence-corrected chi connectivity index (χ4v) is 1.91. The molecule has 2 rings (SSSR count). The highest BCUT2D eigenvalue weighted by molar-refractivity contribution is 6.24. The number of nitrogens with two attached hydrogens (primary N) is 1. The van der Waals surface area contributed by atoms with Crippen molar-refractivity contribution in [1.82, 2.24) is 0 Å². The lowest BCUT2D eigenvalue weighted by Crippen LogP contribution is -2.00. The molecule has 0 aromatic heterocycles. The molecule has 1 aromatic rings. The second-order valence-electron chi connectivity index (χ2n) is 3.81. The van der Waals surface area contributed by atoms with E-state index < -0.39 is 0 Å². The fraction of sp³-hybridized carbons (Fsp3) is 0.250. The molecular formula is C12H12FNO. The first kappa shape index (κ1) is 9.90. The summed E-state index contributed by atoms with van der Waals surface area (Å²) in [5, 5.41) is 0. The van der Waals surface area contributed by atoms with Crippen LogP contribution in [-0.2, 0) is 4.79 Å². The molecule has 3 heteroatoms. The molecule has 0 saturated carbocycles. The van der Waals surface area contributed by atoms with Crippen LogP contribution in [0.4, 0.5) is 10.1 Å². The summed E-state index contributed by atoms with van der Waals surface area (Å²) < 4.78 is 13.1. The van der Waals surface area contributed by atoms with E-state index in [-0.39, 0.29) is 11.6 Å². The van der Waals surface area contributed by atoms with Gasteiger partial charge < -0.3 is 5.73 Å². The number of ketones is 1. The van der Waals surface area contributed by atoms with E-state index >= 15 is 0 Å². The molecule has 0 amide bonds. The third kappa shape index (κ3) is 1.65. The molecule has 1 aromatic carbocycles. The number of anilines is 1. The molecule has 0 aliphatic heterocycles. The second kappa shape index (κ2) is 3.50. The molecule has 78 valence electrons. The van der Waals surface area contributed by atoms with Gasteiger partial charge in [0.2, 0.25) is 0 Å². The molecule has 0 heterocycles. The van der Waals surface area contributed by atoms with Crippen LogP contribution in [-0.4, -0.2) is 5.78 Å². The Morgan fingerprint density at radius 2 is 2.07 bits per heavy atom. The first-order chi connectivity index (χ1) is 7.09. The Morgan fingerprint density at radius 1 is 1.33 bits per heavy atom. The third-order valence-corrected chi connectivity index (χ3v) is 2.72. The smallest absolute Gasteiger partial charge is 0.163 e. The number of hydrogen-bond donors (Lipinski definition) is 1. The van der Waals surface area contributed by atoms with Gasteiger partial charge in [-0.2, -0.15) is 0 Å². The van der Waals surface area contributed by atoms with Crippen LogP contribution in [0.3, 0.4) is 0 Å². The molecule has 0 spiro atoms. The molecule has 0 unspecified atom stereocenters. The zero-order valence-corrected chi connectivity index (χ0v) is 8.51. The van der Waals surface area contributed by atoms with Crippen molar-refractivity contribution in [2.75, 3.05) is 5.73 Å². The molecule has 0 fully saturated rings. The second-order valence-corrected chi connectivity index (χ2v) is 3.81. The van der Waals surface area contributed by atoms with Crippen LogP contribution < -0.4 is 5.73 Å². The van der Waals surface area contributed by atoms with E-state index in [4.69, 9.17) is 5.73 Å². The number of carbonyl (C=O) groups excluding carboxylic acids is 1. The highest BCUT2D eigenvalue weighted by Gasteiger charge is 2.23. The van der Waals surface area contributed by atoms with Crippen molar-refractivity contribution in [2.24, 2.45) is 0 Å². The van der Waals surface area contributed by atoms with Gasteiger partial charge >= 0.3 is 0 Å². The molecule has 0 radical (unpaired) electrons. The van der Waals surface area contributed by atoms with Crippen LogP contribution >= 0.6 is 0 Å². The highest BCUT2D eigenvalue weighted by atomic mass is 19.1. The van der Waals surface area contributed by atoms with Crippen LogP contribution in [0.25, 0.3) is 5.57 Å². The Labute approximate surface area is 87.6 Å². The Balaban J connectivity index is 2.58. The summed E-state index contributed by atoms with van der Waals surface area (Å²) in [6, 6.07) is 4.13. The number of nitrogen functional groups attached to an aromatic ring is 1. The zero-order valence-electron chi connectivity index (χ0n) is 8.51. The van der Waals surface area contributed by atoms with Gasteiger partial charge in [-0.25, -0.2) is 4.39 Å². The van der Waals surface area contributed by atoms with Crippen LogP contribution in [0.2, 0.25) is 0 Å². The molecule has 2 N–H and O–H groups in total. The molecule has 0 saturated heterocycles. The summed E-state index contributed by atoms with van der Waals surface area (Å²) in [5.74, 6) is -0.302. The Hall–Kier alpha value is -1.64. The van der Waals surface area contributed by atoms with Gasteiger partial charge in [0.1, 0.15) is 5.82 Å². The summed E-state index contributed by atoms with van der Waals surface area (Å²) in [6.45, 7) is 1.89. The van der Waals surface area contributed by atoms with Gasteiger partial charge in [0.25, 0.3) is 0 Å². The topological polar surface area (TPSA) is 43.1 Å². The van der Waals surface area contributed by atoms with Gasteiger partial charge in [0.05, 0.1) is 0 Å². The molecule has 2 nitrogen and oxygen atoms in total. The predicted molar refractivity (Wildman–Crippen MR) is 57.6 cm³/mol. The lowest BCUT2D eigenvalue weighted by atomic mass is 10.00. The standard InChI is InChI=1S/C12H12FNO/c1-7-2-5-11(15)12(7)9-6-8(13)3-4-10(9)14/h3-4,6H,2,5,14H2,1H3. The number of carbonyl (C=O) groups is 1. The van der Waals surface area contributed by atoms with Gasteiger partial charge in [-0.05, 0) is 31.5 Å². The van der Waals surface area contributed by atoms with Crippen molar-refractivity contribution in [1.29, 1.82) is 0 Å². The molecule has 15 heavy (non-hydrogen) atoms. The number of allylic oxidation sites excluding steroid dienone is 2. The number of halogens is 1. The molecule has 1 aliphatic rings. The Kier molecular flexibility index (Phi) is 2.31. The molecule has 1 aliphatic carbocycles. The maximum atomic E-state index is 13.1. The van der Waals surface area contributed by atoms with E-state index in [2.05, 4.69) is 0 Å². The van der Waals surface area contributed by atoms with Gasteiger partial charge in [0, 0.05) is 23.2 Å². The van der Waals surface area contributed by atoms with Crippen molar-refractivity contribution >= 4 is 17.0 Å². The van der Waals surface area contributed by atoms with Crippen molar-refractivity contribution in [3.05, 3.63) is 35.2 Å². The number of benzene rings is 1. The average molecular weight is 205 g/mol. The maximum absolute atomic E-state index is 13.1. The average Bonchev–Trinajstić information content (AvgIpc) is 2.51. The summed E-state index contributed by atoms with van der Waals surface area (Å²) in [5.41, 5.74) is 8.34.